The second kappa shape index (κ2) is 23.4. The van der Waals surface area contributed by atoms with E-state index in [1.54, 1.807) is 63.2 Å². The first-order valence-corrected chi connectivity index (χ1v) is 30.7. The number of rotatable bonds is 12. The van der Waals surface area contributed by atoms with Gasteiger partial charge in [0.2, 0.25) is 0 Å². The first-order chi connectivity index (χ1) is 42.2. The van der Waals surface area contributed by atoms with E-state index < -0.39 is 117 Å². The molecule has 6 saturated carbocycles. The van der Waals surface area contributed by atoms with Gasteiger partial charge in [-0.25, -0.2) is 8.78 Å². The predicted molar refractivity (Wildman–Crippen MR) is 323 cm³/mol. The number of aliphatic hydroxyl groups excluding tert-OH is 5. The zero-order valence-corrected chi connectivity index (χ0v) is 50.7. The van der Waals surface area contributed by atoms with Gasteiger partial charge in [-0.05, 0) is 168 Å². The number of ether oxygens (including phenoxy) is 4. The van der Waals surface area contributed by atoms with E-state index in [-0.39, 0.29) is 36.7 Å². The summed E-state index contributed by atoms with van der Waals surface area (Å²) in [4.78, 5) is 60.5. The fraction of sp³-hybridized carbons (Fsp3) is 0.479. The maximum atomic E-state index is 17.5. The van der Waals surface area contributed by atoms with Gasteiger partial charge in [-0.1, -0.05) is 91.2 Å². The standard InChI is InChI=1S/C35H38FNO7.C21H27FO6.C15H14O2/c1-32-13-12-24(39)15-22(32)8-11-26-27-16-30-35(29(41)18-38,33(27,2)17-28(40)34(26,32)36)44-31(43-30)21-6-9-25(10-7-21)42-19-20-4-3-5-23(37)14-20;1-18-6-5-12(24)7-11(18)3-4-13-14-8-15(25)21(28,17(27)10-23)19(14,2)9-16(26)20(13,18)22;1-12-3-2-4-14(9-12)11-17-15-7-5-13(10-16)6-8-15/h3-7,9-10,12-15,26-28,30-31,38,40H,8,11,16-19,37H2,1-2H3;5-7,13-16,23,25-26,28H,3-4,8-10H2,1-2H3;2-10H,11H2,1H3/t26-,27-,28-,30+,31+,32-,33-,34-,35+;13-,14-,15+,16-,18-,19-,20-,21-;/m00./s1. The third kappa shape index (κ3) is 9.93. The Bertz CT molecular complexity index is 3570. The molecule has 9 aliphatic rings. The zero-order chi connectivity index (χ0) is 63.9. The number of Topliss-reactive ketones (excluding diaryl/α,β-unsaturated/α-hetero) is 2. The molecule has 8 aliphatic carbocycles. The molecule has 13 rings (SSSR count). The van der Waals surface area contributed by atoms with Crippen LogP contribution >= 0.6 is 0 Å². The predicted octanol–water partition coefficient (Wildman–Crippen LogP) is 8.55. The number of aliphatic hydroxyl groups is 6. The highest BCUT2D eigenvalue weighted by Gasteiger charge is 2.80. The molecule has 17 atom stereocenters. The number of benzene rings is 4. The molecule has 7 fully saturated rings. The largest absolute Gasteiger partial charge is 0.489 e. The Morgan fingerprint density at radius 3 is 1.69 bits per heavy atom. The number of anilines is 1. The van der Waals surface area contributed by atoms with Crippen LogP contribution in [0.1, 0.15) is 118 Å². The van der Waals surface area contributed by atoms with Gasteiger partial charge in [-0.2, -0.15) is 0 Å². The highest BCUT2D eigenvalue weighted by atomic mass is 19.1. The van der Waals surface area contributed by atoms with Crippen molar-refractivity contribution in [3.8, 4) is 11.5 Å². The number of hydrogen-bond acceptors (Lipinski definition) is 16. The minimum absolute atomic E-state index is 0.0135. The van der Waals surface area contributed by atoms with Gasteiger partial charge in [0.25, 0.3) is 0 Å². The van der Waals surface area contributed by atoms with Gasteiger partial charge in [0.05, 0.1) is 24.4 Å². The fourth-order valence-corrected chi connectivity index (χ4v) is 17.8. The first-order valence-electron chi connectivity index (χ1n) is 30.7. The third-order valence-electron chi connectivity index (χ3n) is 22.4. The van der Waals surface area contributed by atoms with Gasteiger partial charge in [-0.3, -0.25) is 24.0 Å². The van der Waals surface area contributed by atoms with Crippen LogP contribution in [0.2, 0.25) is 0 Å². The van der Waals surface area contributed by atoms with Crippen LogP contribution in [0.4, 0.5) is 14.5 Å². The number of ketones is 4. The van der Waals surface area contributed by atoms with Gasteiger partial charge in [0.1, 0.15) is 44.2 Å². The lowest BCUT2D eigenvalue weighted by atomic mass is 9.44. The van der Waals surface area contributed by atoms with Gasteiger partial charge in [0.15, 0.2) is 52.0 Å². The van der Waals surface area contributed by atoms with Gasteiger partial charge < -0.3 is 55.3 Å². The van der Waals surface area contributed by atoms with Crippen molar-refractivity contribution < 1.29 is 82.3 Å². The number of allylic oxidation sites excluding steroid dienone is 8. The Hall–Kier alpha value is -6.87. The van der Waals surface area contributed by atoms with E-state index in [0.29, 0.717) is 79.0 Å². The molecule has 0 radical (unpaired) electrons. The van der Waals surface area contributed by atoms with Crippen molar-refractivity contribution in [3.63, 3.8) is 0 Å². The second-order valence-corrected chi connectivity index (χ2v) is 26.8. The molecular formula is C71H79F2NO15. The molecule has 16 nitrogen and oxygen atoms in total. The Balaban J connectivity index is 0.000000154. The van der Waals surface area contributed by atoms with Gasteiger partial charge in [-0.15, -0.1) is 0 Å². The van der Waals surface area contributed by atoms with Crippen LogP contribution in [0, 0.1) is 52.3 Å². The summed E-state index contributed by atoms with van der Waals surface area (Å²) in [5.74, 6) is -2.63. The average molecular weight is 1220 g/mol. The number of aldehydes is 1. The third-order valence-corrected chi connectivity index (χ3v) is 22.4. The Kier molecular flexibility index (Phi) is 16.8. The molecule has 18 heteroatoms. The topological polar surface area (TPSA) is 270 Å². The van der Waals surface area contributed by atoms with Crippen LogP contribution in [0.5, 0.6) is 11.5 Å². The second-order valence-electron chi connectivity index (χ2n) is 26.8. The number of alkyl halides is 2. The molecule has 8 N–H and O–H groups in total. The minimum atomic E-state index is -2.23. The summed E-state index contributed by atoms with van der Waals surface area (Å²) in [5, 5.41) is 64.0. The molecule has 0 aromatic heterocycles. The van der Waals surface area contributed by atoms with Gasteiger partial charge >= 0.3 is 0 Å². The van der Waals surface area contributed by atoms with Gasteiger partial charge in [0, 0.05) is 50.3 Å². The number of nitrogen functional groups attached to an aromatic ring is 1. The highest BCUT2D eigenvalue weighted by molar-refractivity contribution is 6.02. The molecule has 0 bridgehead atoms. The molecule has 89 heavy (non-hydrogen) atoms. The zero-order valence-electron chi connectivity index (χ0n) is 50.7. The maximum Gasteiger partial charge on any atom is 0.193 e. The molecule has 0 amide bonds. The number of hydrogen-bond donors (Lipinski definition) is 7. The van der Waals surface area contributed by atoms with Crippen molar-refractivity contribution in [1.82, 2.24) is 0 Å². The number of fused-ring (bicyclic) bond motifs is 12. The summed E-state index contributed by atoms with van der Waals surface area (Å²) in [6.07, 6.45) is 5.44. The van der Waals surface area contributed by atoms with Crippen molar-refractivity contribution in [1.29, 1.82) is 0 Å². The molecule has 1 heterocycles. The SMILES string of the molecule is C[C@]12C=CC(=O)C=C1CC[C@H]1[C@@H]3C[C@@H](O)[C@](O)(C(=O)CO)[C@@]3(C)C[C@H](O)[C@@]12F.C[C@]12C=CC(=O)C=C1CC[C@H]1[C@@H]3C[C@H]4O[C@@H](c5ccc(OCc6cccc(N)c6)cc5)O[C@@]4(C(=O)CO)[C@@]3(C)C[C@H](O)[C@@]12F.Cc1cccc(COc2ccc(C=O)cc2)c1. The molecule has 4 aromatic rings. The molecule has 1 saturated heterocycles. The molecule has 4 aromatic carbocycles. The van der Waals surface area contributed by atoms with Crippen molar-refractivity contribution in [3.05, 3.63) is 172 Å². The van der Waals surface area contributed by atoms with Crippen LogP contribution < -0.4 is 15.2 Å². The smallest absolute Gasteiger partial charge is 0.193 e. The molecule has 472 valence electrons. The van der Waals surface area contributed by atoms with E-state index in [9.17, 15) is 54.6 Å². The van der Waals surface area contributed by atoms with E-state index in [1.807, 2.05) is 55.5 Å². The Morgan fingerprint density at radius 1 is 0.663 bits per heavy atom. The van der Waals surface area contributed by atoms with E-state index in [4.69, 9.17) is 24.7 Å². The number of halogens is 2. The van der Waals surface area contributed by atoms with Crippen molar-refractivity contribution in [2.45, 2.75) is 152 Å². The van der Waals surface area contributed by atoms with Crippen LogP contribution in [-0.4, -0.2) is 120 Å². The highest BCUT2D eigenvalue weighted by Crippen LogP contribution is 2.73. The molecule has 1 aliphatic heterocycles. The van der Waals surface area contributed by atoms with Crippen LogP contribution in [-0.2, 0) is 41.9 Å². The van der Waals surface area contributed by atoms with Crippen molar-refractivity contribution >= 4 is 35.1 Å². The summed E-state index contributed by atoms with van der Waals surface area (Å²) in [5.41, 5.74) is -0.00349. The van der Waals surface area contributed by atoms with E-state index in [1.165, 1.54) is 35.9 Å². The Morgan fingerprint density at radius 2 is 1.17 bits per heavy atom. The summed E-state index contributed by atoms with van der Waals surface area (Å²) in [6.45, 7) is 8.16. The van der Waals surface area contributed by atoms with Crippen LogP contribution in [0.3, 0.4) is 0 Å². The number of aryl methyl sites for hydroxylation is 1. The number of nitrogens with two attached hydrogens (primary N) is 1. The number of carbonyl (C=O) groups excluding carboxylic acids is 5. The van der Waals surface area contributed by atoms with Crippen LogP contribution in [0.15, 0.2) is 145 Å². The monoisotopic (exact) mass is 1220 g/mol. The summed E-state index contributed by atoms with van der Waals surface area (Å²) < 4.78 is 58.9. The first kappa shape index (κ1) is 63.7. The Labute approximate surface area is 516 Å². The average Bonchev–Trinajstić information content (AvgIpc) is 1.60. The minimum Gasteiger partial charge on any atom is -0.489 e. The molecular weight excluding hydrogens is 1140 g/mol. The quantitative estimate of drug-likeness (QED) is 0.0517. The lowest BCUT2D eigenvalue weighted by Crippen LogP contribution is -2.69. The maximum absolute atomic E-state index is 17.5. The fourth-order valence-electron chi connectivity index (χ4n) is 17.8. The summed E-state index contributed by atoms with van der Waals surface area (Å²) >= 11 is 0. The van der Waals surface area contributed by atoms with Crippen molar-refractivity contribution in [2.75, 3.05) is 18.9 Å². The lowest BCUT2D eigenvalue weighted by Gasteiger charge is -2.62. The van der Waals surface area contributed by atoms with Crippen molar-refractivity contribution in [2.24, 2.45) is 45.3 Å². The van der Waals surface area contributed by atoms with E-state index in [2.05, 4.69) is 19.1 Å². The lowest BCUT2D eigenvalue weighted by molar-refractivity contribution is -0.231. The number of carbonyl (C=O) groups is 5. The normalized spacial score (nSPS) is 38.4. The van der Waals surface area contributed by atoms with E-state index in [0.717, 1.165) is 23.2 Å². The molecule has 0 spiro atoms. The van der Waals surface area contributed by atoms with Crippen LogP contribution in [0.25, 0.3) is 0 Å². The molecule has 0 unspecified atom stereocenters. The summed E-state index contributed by atoms with van der Waals surface area (Å²) in [7, 11) is 0. The van der Waals surface area contributed by atoms with E-state index >= 15 is 8.78 Å². The summed E-state index contributed by atoms with van der Waals surface area (Å²) in [6, 6.07) is 30.0.